The molecule has 0 saturated carbocycles. The third-order valence-electron chi connectivity index (χ3n) is 4.39. The fraction of sp³-hybridized carbons (Fsp3) is 0.238. The highest BCUT2D eigenvalue weighted by Gasteiger charge is 2.18. The molecule has 0 aliphatic heterocycles. The molecule has 0 saturated heterocycles. The van der Waals surface area contributed by atoms with Crippen molar-refractivity contribution in [1.82, 2.24) is 10.2 Å². The number of aromatic amines is 1. The second-order valence-electron chi connectivity index (χ2n) is 6.20. The Morgan fingerprint density at radius 3 is 2.46 bits per heavy atom. The largest absolute Gasteiger partial charge is 0.493 e. The van der Waals surface area contributed by atoms with Gasteiger partial charge in [-0.1, -0.05) is 19.1 Å². The van der Waals surface area contributed by atoms with Crippen LogP contribution in [0.2, 0.25) is 0 Å². The van der Waals surface area contributed by atoms with E-state index in [0.717, 1.165) is 16.8 Å². The molecule has 0 unspecified atom stereocenters. The van der Waals surface area contributed by atoms with Crippen LogP contribution in [-0.4, -0.2) is 30.3 Å². The van der Waals surface area contributed by atoms with E-state index in [-0.39, 0.29) is 18.1 Å². The van der Waals surface area contributed by atoms with Gasteiger partial charge in [0.05, 0.1) is 32.0 Å². The molecule has 28 heavy (non-hydrogen) atoms. The molecule has 1 heterocycles. The lowest BCUT2D eigenvalue weighted by Gasteiger charge is -2.11. The first-order valence-corrected chi connectivity index (χ1v) is 8.89. The highest BCUT2D eigenvalue weighted by Crippen LogP contribution is 2.35. The number of nitrogens with zero attached hydrogens (tertiary/aromatic N) is 1. The molecule has 0 aliphatic rings. The molecule has 0 fully saturated rings. The topological polar surface area (TPSA) is 76.2 Å². The summed E-state index contributed by atoms with van der Waals surface area (Å²) in [6.45, 7) is 1.97. The monoisotopic (exact) mass is 383 g/mol. The third-order valence-corrected chi connectivity index (χ3v) is 4.39. The quantitative estimate of drug-likeness (QED) is 0.647. The molecule has 0 radical (unpaired) electrons. The second-order valence-corrected chi connectivity index (χ2v) is 6.20. The highest BCUT2D eigenvalue weighted by molar-refractivity contribution is 5.96. The van der Waals surface area contributed by atoms with Gasteiger partial charge in [-0.15, -0.1) is 0 Å². The molecule has 2 N–H and O–H groups in total. The Kier molecular flexibility index (Phi) is 5.93. The SMILES string of the molecule is CCc1[nH]nc(-c2ccc(OC)c(OC)c2)c1NC(=O)Cc1ccc(F)cc1. The van der Waals surface area contributed by atoms with Crippen LogP contribution in [-0.2, 0) is 17.6 Å². The van der Waals surface area contributed by atoms with E-state index in [4.69, 9.17) is 9.47 Å². The van der Waals surface area contributed by atoms with Crippen LogP contribution in [0.25, 0.3) is 11.3 Å². The third kappa shape index (κ3) is 4.14. The Hall–Kier alpha value is -3.35. The maximum absolute atomic E-state index is 13.1. The average molecular weight is 383 g/mol. The van der Waals surface area contributed by atoms with Gasteiger partial charge in [0, 0.05) is 5.56 Å². The molecule has 3 aromatic rings. The minimum atomic E-state index is -0.331. The van der Waals surface area contributed by atoms with Crippen molar-refractivity contribution in [3.63, 3.8) is 0 Å². The Balaban J connectivity index is 1.88. The van der Waals surface area contributed by atoms with Gasteiger partial charge < -0.3 is 14.8 Å². The summed E-state index contributed by atoms with van der Waals surface area (Å²) in [5.74, 6) is 0.650. The second kappa shape index (κ2) is 8.56. The number of hydrogen-bond donors (Lipinski definition) is 2. The number of amides is 1. The van der Waals surface area contributed by atoms with Crippen LogP contribution in [0, 0.1) is 5.82 Å². The number of anilines is 1. The molecule has 7 heteroatoms. The van der Waals surface area contributed by atoms with Crippen LogP contribution in [0.15, 0.2) is 42.5 Å². The fourth-order valence-corrected chi connectivity index (χ4v) is 2.93. The maximum Gasteiger partial charge on any atom is 0.228 e. The number of H-pyrrole nitrogens is 1. The number of carbonyl (C=O) groups is 1. The Morgan fingerprint density at radius 2 is 1.82 bits per heavy atom. The summed E-state index contributed by atoms with van der Waals surface area (Å²) >= 11 is 0. The minimum absolute atomic E-state index is 0.139. The summed E-state index contributed by atoms with van der Waals surface area (Å²) in [6, 6.07) is 11.3. The van der Waals surface area contributed by atoms with Gasteiger partial charge in [-0.05, 0) is 42.3 Å². The van der Waals surface area contributed by atoms with Crippen molar-refractivity contribution in [2.75, 3.05) is 19.5 Å². The number of aromatic nitrogens is 2. The van der Waals surface area contributed by atoms with Gasteiger partial charge in [0.1, 0.15) is 11.5 Å². The van der Waals surface area contributed by atoms with Crippen molar-refractivity contribution in [2.45, 2.75) is 19.8 Å². The zero-order chi connectivity index (χ0) is 20.1. The van der Waals surface area contributed by atoms with E-state index < -0.39 is 0 Å². The normalized spacial score (nSPS) is 10.6. The van der Waals surface area contributed by atoms with Crippen LogP contribution >= 0.6 is 0 Å². The number of methoxy groups -OCH3 is 2. The van der Waals surface area contributed by atoms with Crippen molar-refractivity contribution >= 4 is 11.6 Å². The Morgan fingerprint density at radius 1 is 1.11 bits per heavy atom. The molecule has 3 rings (SSSR count). The van der Waals surface area contributed by atoms with Gasteiger partial charge in [-0.25, -0.2) is 4.39 Å². The van der Waals surface area contributed by atoms with Gasteiger partial charge in [0.15, 0.2) is 11.5 Å². The zero-order valence-electron chi connectivity index (χ0n) is 16.0. The van der Waals surface area contributed by atoms with E-state index in [0.29, 0.717) is 29.3 Å². The van der Waals surface area contributed by atoms with Gasteiger partial charge >= 0.3 is 0 Å². The first kappa shape index (κ1) is 19.4. The van der Waals surface area contributed by atoms with E-state index in [1.807, 2.05) is 19.1 Å². The number of aryl methyl sites for hydroxylation is 1. The molecule has 1 amide bonds. The van der Waals surface area contributed by atoms with Crippen LogP contribution in [0.4, 0.5) is 10.1 Å². The molecule has 0 bridgehead atoms. The standard InChI is InChI=1S/C21H22FN3O3/c1-4-16-21(23-19(26)11-13-5-8-15(22)9-6-13)20(25-24-16)14-7-10-17(27-2)18(12-14)28-3/h5-10,12H,4,11H2,1-3H3,(H,23,26)(H,24,25). The fourth-order valence-electron chi connectivity index (χ4n) is 2.93. The van der Waals surface area contributed by atoms with E-state index in [2.05, 4.69) is 15.5 Å². The van der Waals surface area contributed by atoms with Crippen LogP contribution in [0.1, 0.15) is 18.2 Å². The lowest BCUT2D eigenvalue weighted by Crippen LogP contribution is -2.15. The molecular formula is C21H22FN3O3. The summed E-state index contributed by atoms with van der Waals surface area (Å²) < 4.78 is 23.7. The highest BCUT2D eigenvalue weighted by atomic mass is 19.1. The Bertz CT molecular complexity index is 968. The molecule has 146 valence electrons. The van der Waals surface area contributed by atoms with E-state index >= 15 is 0 Å². The Labute approximate surface area is 162 Å². The average Bonchev–Trinajstić information content (AvgIpc) is 3.11. The molecule has 0 aliphatic carbocycles. The van der Waals surface area contributed by atoms with Crippen molar-refractivity contribution in [2.24, 2.45) is 0 Å². The smallest absolute Gasteiger partial charge is 0.228 e. The first-order valence-electron chi connectivity index (χ1n) is 8.89. The van der Waals surface area contributed by atoms with Crippen LogP contribution in [0.5, 0.6) is 11.5 Å². The summed E-state index contributed by atoms with van der Waals surface area (Å²) in [7, 11) is 3.14. The van der Waals surface area contributed by atoms with Crippen molar-refractivity contribution in [1.29, 1.82) is 0 Å². The first-order chi connectivity index (χ1) is 13.5. The van der Waals surface area contributed by atoms with Gasteiger partial charge in [0.25, 0.3) is 0 Å². The summed E-state index contributed by atoms with van der Waals surface area (Å²) in [6.07, 6.45) is 0.812. The van der Waals surface area contributed by atoms with E-state index in [1.54, 1.807) is 32.4 Å². The molecule has 0 spiro atoms. The number of benzene rings is 2. The van der Waals surface area contributed by atoms with Crippen LogP contribution in [0.3, 0.4) is 0 Å². The lowest BCUT2D eigenvalue weighted by atomic mass is 10.1. The number of halogens is 1. The van der Waals surface area contributed by atoms with E-state index in [1.165, 1.54) is 12.1 Å². The minimum Gasteiger partial charge on any atom is -0.493 e. The van der Waals surface area contributed by atoms with Crippen molar-refractivity contribution in [3.8, 4) is 22.8 Å². The number of ether oxygens (including phenoxy) is 2. The zero-order valence-corrected chi connectivity index (χ0v) is 16.0. The number of nitrogens with one attached hydrogen (secondary N) is 2. The molecule has 6 nitrogen and oxygen atoms in total. The molecule has 2 aromatic carbocycles. The number of rotatable bonds is 7. The number of carbonyl (C=O) groups excluding carboxylic acids is 1. The summed E-state index contributed by atoms with van der Waals surface area (Å²) in [5.41, 5.74) is 3.57. The maximum atomic E-state index is 13.1. The van der Waals surface area contributed by atoms with Gasteiger partial charge in [-0.3, -0.25) is 9.89 Å². The molecule has 0 atom stereocenters. The predicted molar refractivity (Wildman–Crippen MR) is 105 cm³/mol. The summed E-state index contributed by atoms with van der Waals surface area (Å²) in [5, 5.41) is 10.3. The van der Waals surface area contributed by atoms with Gasteiger partial charge in [-0.2, -0.15) is 5.10 Å². The van der Waals surface area contributed by atoms with Crippen molar-refractivity contribution < 1.29 is 18.7 Å². The lowest BCUT2D eigenvalue weighted by molar-refractivity contribution is -0.115. The molecular weight excluding hydrogens is 361 g/mol. The van der Waals surface area contributed by atoms with Gasteiger partial charge in [0.2, 0.25) is 5.91 Å². The van der Waals surface area contributed by atoms with E-state index in [9.17, 15) is 9.18 Å². The summed E-state index contributed by atoms with van der Waals surface area (Å²) in [4.78, 5) is 12.5. The van der Waals surface area contributed by atoms with Crippen molar-refractivity contribution in [3.05, 3.63) is 59.5 Å². The predicted octanol–water partition coefficient (Wildman–Crippen LogP) is 3.98. The number of hydrogen-bond acceptors (Lipinski definition) is 4. The van der Waals surface area contributed by atoms with Crippen LogP contribution < -0.4 is 14.8 Å². The molecule has 1 aromatic heterocycles.